The average molecular weight is 303 g/mol. The van der Waals surface area contributed by atoms with E-state index in [0.717, 1.165) is 4.90 Å². The largest absolute Gasteiger partial charge is 0.398 e. The van der Waals surface area contributed by atoms with Crippen molar-refractivity contribution in [3.8, 4) is 0 Å². The van der Waals surface area contributed by atoms with Crippen LogP contribution in [0.5, 0.6) is 0 Å². The Labute approximate surface area is 118 Å². The third-order valence-corrected chi connectivity index (χ3v) is 3.88. The van der Waals surface area contributed by atoms with Gasteiger partial charge in [0.25, 0.3) is 0 Å². The molecule has 0 aliphatic heterocycles. The maximum absolute atomic E-state index is 12.9. The Morgan fingerprint density at radius 2 is 2.00 bits per heavy atom. The molecule has 1 heterocycles. The summed E-state index contributed by atoms with van der Waals surface area (Å²) in [6.45, 7) is 0. The van der Waals surface area contributed by atoms with Crippen molar-refractivity contribution in [3.05, 3.63) is 52.0 Å². The van der Waals surface area contributed by atoms with Crippen LogP contribution in [0.4, 0.5) is 10.1 Å². The van der Waals surface area contributed by atoms with Crippen LogP contribution in [-0.2, 0) is 5.75 Å². The summed E-state index contributed by atoms with van der Waals surface area (Å²) >= 11 is 13.2. The smallest absolute Gasteiger partial charge is 0.129 e. The lowest BCUT2D eigenvalue weighted by Crippen LogP contribution is -1.92. The number of hydrogen-bond acceptors (Lipinski definition) is 3. The van der Waals surface area contributed by atoms with Crippen LogP contribution in [0.1, 0.15) is 5.69 Å². The molecule has 2 rings (SSSR count). The predicted molar refractivity (Wildman–Crippen MR) is 74.6 cm³/mol. The highest BCUT2D eigenvalue weighted by molar-refractivity contribution is 7.98. The van der Waals surface area contributed by atoms with Gasteiger partial charge in [-0.05, 0) is 30.3 Å². The second kappa shape index (κ2) is 5.78. The molecule has 2 aromatic rings. The Morgan fingerprint density at radius 1 is 1.22 bits per heavy atom. The van der Waals surface area contributed by atoms with Gasteiger partial charge in [-0.1, -0.05) is 23.2 Å². The highest BCUT2D eigenvalue weighted by atomic mass is 35.5. The molecule has 6 heteroatoms. The summed E-state index contributed by atoms with van der Waals surface area (Å²) in [5, 5.41) is 0.940. The number of pyridine rings is 1. The molecule has 18 heavy (non-hydrogen) atoms. The number of nitrogens with two attached hydrogens (primary N) is 1. The van der Waals surface area contributed by atoms with E-state index in [1.54, 1.807) is 18.2 Å². The first-order valence-corrected chi connectivity index (χ1v) is 6.79. The normalized spacial score (nSPS) is 10.6. The summed E-state index contributed by atoms with van der Waals surface area (Å²) < 4.78 is 12.9. The molecule has 94 valence electrons. The van der Waals surface area contributed by atoms with Crippen molar-refractivity contribution in [2.45, 2.75) is 10.6 Å². The van der Waals surface area contributed by atoms with Crippen molar-refractivity contribution in [2.75, 3.05) is 5.73 Å². The molecule has 0 aliphatic rings. The SMILES string of the molecule is Nc1cc(F)ccc1SCc1nc(Cl)ccc1Cl. The van der Waals surface area contributed by atoms with E-state index < -0.39 is 0 Å². The summed E-state index contributed by atoms with van der Waals surface area (Å²) in [5.41, 5.74) is 6.79. The molecule has 1 aromatic heterocycles. The van der Waals surface area contributed by atoms with Gasteiger partial charge in [0.15, 0.2) is 0 Å². The van der Waals surface area contributed by atoms with Gasteiger partial charge in [-0.3, -0.25) is 0 Å². The van der Waals surface area contributed by atoms with Gasteiger partial charge in [-0.15, -0.1) is 11.8 Å². The van der Waals surface area contributed by atoms with Crippen LogP contribution < -0.4 is 5.73 Å². The minimum atomic E-state index is -0.351. The molecule has 2 N–H and O–H groups in total. The van der Waals surface area contributed by atoms with E-state index in [-0.39, 0.29) is 5.82 Å². The van der Waals surface area contributed by atoms with Crippen LogP contribution in [0.15, 0.2) is 35.2 Å². The first kappa shape index (κ1) is 13.5. The number of nitrogen functional groups attached to an aromatic ring is 1. The van der Waals surface area contributed by atoms with E-state index in [4.69, 9.17) is 28.9 Å². The Bertz CT molecular complexity index is 578. The number of benzene rings is 1. The monoisotopic (exact) mass is 302 g/mol. The molecule has 0 fully saturated rings. The quantitative estimate of drug-likeness (QED) is 0.519. The van der Waals surface area contributed by atoms with Crippen LogP contribution in [0.3, 0.4) is 0 Å². The van der Waals surface area contributed by atoms with Gasteiger partial charge in [0.2, 0.25) is 0 Å². The minimum Gasteiger partial charge on any atom is -0.398 e. The second-order valence-electron chi connectivity index (χ2n) is 3.53. The van der Waals surface area contributed by atoms with Crippen molar-refractivity contribution in [1.82, 2.24) is 4.98 Å². The highest BCUT2D eigenvalue weighted by Crippen LogP contribution is 2.30. The first-order chi connectivity index (χ1) is 8.56. The number of hydrogen-bond donors (Lipinski definition) is 1. The maximum Gasteiger partial charge on any atom is 0.129 e. The van der Waals surface area contributed by atoms with Crippen LogP contribution in [0.25, 0.3) is 0 Å². The first-order valence-electron chi connectivity index (χ1n) is 5.05. The Hall–Kier alpha value is -0.970. The number of aromatic nitrogens is 1. The molecule has 0 saturated heterocycles. The summed E-state index contributed by atoms with van der Waals surface area (Å²) in [6.07, 6.45) is 0. The number of anilines is 1. The second-order valence-corrected chi connectivity index (χ2v) is 5.34. The highest BCUT2D eigenvalue weighted by Gasteiger charge is 2.06. The fraction of sp³-hybridized carbons (Fsp3) is 0.0833. The van der Waals surface area contributed by atoms with E-state index in [1.165, 1.54) is 23.9 Å². The number of nitrogens with zero attached hydrogens (tertiary/aromatic N) is 1. The van der Waals surface area contributed by atoms with Crippen LogP contribution in [-0.4, -0.2) is 4.98 Å². The summed E-state index contributed by atoms with van der Waals surface area (Å²) in [6, 6.07) is 7.61. The van der Waals surface area contributed by atoms with Gasteiger partial charge in [-0.25, -0.2) is 9.37 Å². The van der Waals surface area contributed by atoms with Gasteiger partial charge in [-0.2, -0.15) is 0 Å². The average Bonchev–Trinajstić information content (AvgIpc) is 2.32. The standard InChI is InChI=1S/C12H9Cl2FN2S/c13-8-2-4-12(14)17-10(8)6-18-11-3-1-7(15)5-9(11)16/h1-5H,6,16H2. The lowest BCUT2D eigenvalue weighted by molar-refractivity contribution is 0.627. The Balaban J connectivity index is 2.13. The zero-order chi connectivity index (χ0) is 13.1. The summed E-state index contributed by atoms with van der Waals surface area (Å²) in [4.78, 5) is 4.92. The molecule has 0 atom stereocenters. The van der Waals surface area contributed by atoms with Crippen LogP contribution in [0.2, 0.25) is 10.2 Å². The molecule has 0 spiro atoms. The van der Waals surface area contributed by atoms with Gasteiger partial charge >= 0.3 is 0 Å². The van der Waals surface area contributed by atoms with Gasteiger partial charge < -0.3 is 5.73 Å². The molecule has 0 radical (unpaired) electrons. The van der Waals surface area contributed by atoms with Crippen molar-refractivity contribution < 1.29 is 4.39 Å². The summed E-state index contributed by atoms with van der Waals surface area (Å²) in [5.74, 6) is 0.172. The number of thioether (sulfide) groups is 1. The molecule has 0 unspecified atom stereocenters. The predicted octanol–water partition coefficient (Wildman–Crippen LogP) is 4.40. The van der Waals surface area contributed by atoms with Gasteiger partial charge in [0.1, 0.15) is 11.0 Å². The molecule has 0 aliphatic carbocycles. The molecule has 0 saturated carbocycles. The van der Waals surface area contributed by atoms with Crippen molar-refractivity contribution in [2.24, 2.45) is 0 Å². The topological polar surface area (TPSA) is 38.9 Å². The lowest BCUT2D eigenvalue weighted by atomic mass is 10.3. The third-order valence-electron chi connectivity index (χ3n) is 2.22. The third kappa shape index (κ3) is 3.28. The maximum atomic E-state index is 12.9. The van der Waals surface area contributed by atoms with E-state index in [1.807, 2.05) is 0 Å². The zero-order valence-electron chi connectivity index (χ0n) is 9.16. The number of rotatable bonds is 3. The molecule has 2 nitrogen and oxygen atoms in total. The fourth-order valence-corrected chi connectivity index (χ4v) is 2.67. The molecular weight excluding hydrogens is 294 g/mol. The lowest BCUT2D eigenvalue weighted by Gasteiger charge is -2.06. The fourth-order valence-electron chi connectivity index (χ4n) is 1.36. The Morgan fingerprint density at radius 3 is 2.72 bits per heavy atom. The zero-order valence-corrected chi connectivity index (χ0v) is 11.5. The van der Waals surface area contributed by atoms with Crippen molar-refractivity contribution in [3.63, 3.8) is 0 Å². The number of halogens is 3. The molecule has 1 aromatic carbocycles. The van der Waals surface area contributed by atoms with Crippen molar-refractivity contribution >= 4 is 40.7 Å². The minimum absolute atomic E-state index is 0.351. The van der Waals surface area contributed by atoms with E-state index >= 15 is 0 Å². The Kier molecular flexibility index (Phi) is 4.32. The van der Waals surface area contributed by atoms with Crippen molar-refractivity contribution in [1.29, 1.82) is 0 Å². The molecule has 0 bridgehead atoms. The summed E-state index contributed by atoms with van der Waals surface area (Å²) in [7, 11) is 0. The van der Waals surface area contributed by atoms with Crippen LogP contribution >= 0.6 is 35.0 Å². The molecule has 0 amide bonds. The van der Waals surface area contributed by atoms with E-state index in [2.05, 4.69) is 4.98 Å². The van der Waals surface area contributed by atoms with Gasteiger partial charge in [0, 0.05) is 16.3 Å². The molecular formula is C12H9Cl2FN2S. The van der Waals surface area contributed by atoms with Crippen LogP contribution in [0, 0.1) is 5.82 Å². The van der Waals surface area contributed by atoms with Gasteiger partial charge in [0.05, 0.1) is 10.7 Å². The van der Waals surface area contributed by atoms with E-state index in [9.17, 15) is 4.39 Å². The van der Waals surface area contributed by atoms with E-state index in [0.29, 0.717) is 27.3 Å².